The minimum atomic E-state index is -3.96. The van der Waals surface area contributed by atoms with Crippen LogP contribution in [0.1, 0.15) is 13.8 Å². The summed E-state index contributed by atoms with van der Waals surface area (Å²) in [6.07, 6.45) is 0.997. The second-order valence-corrected chi connectivity index (χ2v) is 11.1. The van der Waals surface area contributed by atoms with E-state index in [1.54, 1.807) is 0 Å². The Morgan fingerprint density at radius 3 is 2.25 bits per heavy atom. The van der Waals surface area contributed by atoms with Crippen molar-refractivity contribution < 1.29 is 16.8 Å². The highest BCUT2D eigenvalue weighted by atomic mass is 35.5. The van der Waals surface area contributed by atoms with E-state index >= 15 is 0 Å². The zero-order valence-corrected chi connectivity index (χ0v) is 16.5. The first-order valence-electron chi connectivity index (χ1n) is 6.97. The lowest BCUT2D eigenvalue weighted by atomic mass is 10.2. The van der Waals surface area contributed by atoms with Crippen LogP contribution in [-0.4, -0.2) is 34.6 Å². The van der Waals surface area contributed by atoms with Gasteiger partial charge in [-0.1, -0.05) is 36.8 Å². The van der Waals surface area contributed by atoms with E-state index in [4.69, 9.17) is 11.6 Å². The van der Waals surface area contributed by atoms with E-state index in [-0.39, 0.29) is 25.2 Å². The fourth-order valence-corrected chi connectivity index (χ4v) is 5.42. The number of thiazole rings is 1. The maximum Gasteiger partial charge on any atom is 0.226 e. The third kappa shape index (κ3) is 4.27. The molecule has 0 aliphatic rings. The molecule has 0 saturated heterocycles. The number of aromatic nitrogens is 1. The lowest BCUT2D eigenvalue weighted by Gasteiger charge is -2.09. The van der Waals surface area contributed by atoms with Gasteiger partial charge in [-0.25, -0.2) is 21.8 Å². The Balaban J connectivity index is 2.58. The molecule has 0 radical (unpaired) electrons. The SMILES string of the molecule is CC(C)CNc1sc(S(C)(=O)=O)nc1S(=O)(=O)c1ccc(Cl)cc1. The van der Waals surface area contributed by atoms with Crippen LogP contribution in [0.4, 0.5) is 5.00 Å². The molecule has 0 amide bonds. The van der Waals surface area contributed by atoms with E-state index in [9.17, 15) is 16.8 Å². The maximum absolute atomic E-state index is 12.8. The van der Waals surface area contributed by atoms with Crippen LogP contribution in [0.3, 0.4) is 0 Å². The number of rotatable bonds is 6. The van der Waals surface area contributed by atoms with Gasteiger partial charge in [0.05, 0.1) is 4.90 Å². The average molecular weight is 409 g/mol. The lowest BCUT2D eigenvalue weighted by molar-refractivity contribution is 0.591. The van der Waals surface area contributed by atoms with Crippen molar-refractivity contribution in [2.45, 2.75) is 28.1 Å². The van der Waals surface area contributed by atoms with E-state index in [1.165, 1.54) is 24.3 Å². The predicted octanol–water partition coefficient (Wildman–Crippen LogP) is 3.10. The smallest absolute Gasteiger partial charge is 0.226 e. The second-order valence-electron chi connectivity index (χ2n) is 5.62. The zero-order valence-electron chi connectivity index (χ0n) is 13.3. The van der Waals surface area contributed by atoms with E-state index in [0.717, 1.165) is 17.6 Å². The van der Waals surface area contributed by atoms with Gasteiger partial charge < -0.3 is 5.32 Å². The van der Waals surface area contributed by atoms with Crippen LogP contribution < -0.4 is 5.32 Å². The van der Waals surface area contributed by atoms with Gasteiger partial charge in [-0.3, -0.25) is 0 Å². The first-order chi connectivity index (χ1) is 11.0. The molecule has 0 spiro atoms. The summed E-state index contributed by atoms with van der Waals surface area (Å²) in [5, 5.41) is 3.32. The molecule has 0 aliphatic carbocycles. The van der Waals surface area contributed by atoms with Gasteiger partial charge in [-0.15, -0.1) is 0 Å². The van der Waals surface area contributed by atoms with Crippen molar-refractivity contribution in [3.8, 4) is 0 Å². The third-order valence-corrected chi connectivity index (χ3v) is 7.71. The maximum atomic E-state index is 12.8. The lowest BCUT2D eigenvalue weighted by Crippen LogP contribution is -2.11. The molecule has 10 heteroatoms. The highest BCUT2D eigenvalue weighted by molar-refractivity contribution is 7.93. The van der Waals surface area contributed by atoms with Crippen LogP contribution in [0.2, 0.25) is 5.02 Å². The van der Waals surface area contributed by atoms with Crippen molar-refractivity contribution >= 4 is 47.6 Å². The molecular weight excluding hydrogens is 392 g/mol. The van der Waals surface area contributed by atoms with Gasteiger partial charge in [-0.05, 0) is 30.2 Å². The van der Waals surface area contributed by atoms with Gasteiger partial charge >= 0.3 is 0 Å². The summed E-state index contributed by atoms with van der Waals surface area (Å²) in [7, 11) is -7.57. The Kier molecular flexibility index (Phi) is 5.58. The summed E-state index contributed by atoms with van der Waals surface area (Å²) in [4.78, 5) is 3.88. The molecule has 24 heavy (non-hydrogen) atoms. The molecule has 0 bridgehead atoms. The monoisotopic (exact) mass is 408 g/mol. The van der Waals surface area contributed by atoms with Gasteiger partial charge in [0.2, 0.25) is 24.0 Å². The summed E-state index contributed by atoms with van der Waals surface area (Å²) in [6, 6.07) is 5.64. The van der Waals surface area contributed by atoms with Gasteiger partial charge in [0, 0.05) is 17.8 Å². The van der Waals surface area contributed by atoms with Crippen LogP contribution in [0.15, 0.2) is 38.5 Å². The first-order valence-corrected chi connectivity index (χ1v) is 11.5. The Morgan fingerprint density at radius 1 is 1.17 bits per heavy atom. The highest BCUT2D eigenvalue weighted by Crippen LogP contribution is 2.34. The number of nitrogens with one attached hydrogen (secondary N) is 1. The van der Waals surface area contributed by atoms with E-state index in [1.807, 2.05) is 13.8 Å². The number of nitrogens with zero attached hydrogens (tertiary/aromatic N) is 1. The van der Waals surface area contributed by atoms with Gasteiger partial charge in [0.1, 0.15) is 5.00 Å². The normalized spacial score (nSPS) is 12.5. The fourth-order valence-electron chi connectivity index (χ4n) is 1.76. The molecular formula is C14H17ClN2O4S3. The van der Waals surface area contributed by atoms with Crippen molar-refractivity contribution in [3.63, 3.8) is 0 Å². The molecule has 6 nitrogen and oxygen atoms in total. The Bertz CT molecular complexity index is 933. The standard InChI is InChI=1S/C14H17ClN2O4S3/c1-9(2)8-16-12-13(17-14(22-12)23(3,18)19)24(20,21)11-6-4-10(15)5-7-11/h4-7,9,16H,8H2,1-3H3. The minimum absolute atomic E-state index is 0.00449. The van der Waals surface area contributed by atoms with Crippen molar-refractivity contribution in [2.24, 2.45) is 5.92 Å². The Labute approximate surface area is 150 Å². The van der Waals surface area contributed by atoms with Gasteiger partial charge in [0.25, 0.3) is 0 Å². The summed E-state index contributed by atoms with van der Waals surface area (Å²) in [5.41, 5.74) is 0. The molecule has 1 aromatic carbocycles. The van der Waals surface area contributed by atoms with E-state index < -0.39 is 19.7 Å². The summed E-state index contributed by atoms with van der Waals surface area (Å²) in [5.74, 6) is 0.250. The number of hydrogen-bond acceptors (Lipinski definition) is 7. The molecule has 0 aliphatic heterocycles. The largest absolute Gasteiger partial charge is 0.374 e. The Hall–Kier alpha value is -1.16. The van der Waals surface area contributed by atoms with Crippen LogP contribution >= 0.6 is 22.9 Å². The Morgan fingerprint density at radius 2 is 1.75 bits per heavy atom. The highest BCUT2D eigenvalue weighted by Gasteiger charge is 2.29. The summed E-state index contributed by atoms with van der Waals surface area (Å²) in [6.45, 7) is 4.41. The number of halogens is 1. The molecule has 0 saturated carbocycles. The second kappa shape index (κ2) is 6.99. The molecule has 1 heterocycles. The molecule has 1 aromatic heterocycles. The van der Waals surface area contributed by atoms with Crippen molar-refractivity contribution in [2.75, 3.05) is 18.1 Å². The first kappa shape index (κ1) is 19.2. The van der Waals surface area contributed by atoms with E-state index in [2.05, 4.69) is 10.3 Å². The number of sulfone groups is 2. The summed E-state index contributed by atoms with van der Waals surface area (Å²) < 4.78 is 48.9. The molecule has 2 aromatic rings. The number of benzene rings is 1. The molecule has 0 fully saturated rings. The molecule has 0 atom stereocenters. The molecule has 2 rings (SSSR count). The van der Waals surface area contributed by atoms with Crippen molar-refractivity contribution in [1.82, 2.24) is 4.98 Å². The van der Waals surface area contributed by atoms with Crippen LogP contribution in [0.25, 0.3) is 0 Å². The van der Waals surface area contributed by atoms with E-state index in [0.29, 0.717) is 11.6 Å². The van der Waals surface area contributed by atoms with Crippen LogP contribution in [-0.2, 0) is 19.7 Å². The van der Waals surface area contributed by atoms with Gasteiger partial charge in [0.15, 0.2) is 5.03 Å². The third-order valence-electron chi connectivity index (χ3n) is 2.94. The molecule has 132 valence electrons. The van der Waals surface area contributed by atoms with Crippen molar-refractivity contribution in [1.29, 1.82) is 0 Å². The van der Waals surface area contributed by atoms with Crippen molar-refractivity contribution in [3.05, 3.63) is 29.3 Å². The topological polar surface area (TPSA) is 93.2 Å². The van der Waals surface area contributed by atoms with Gasteiger partial charge in [-0.2, -0.15) is 0 Å². The minimum Gasteiger partial charge on any atom is -0.374 e. The molecule has 0 unspecified atom stereocenters. The zero-order chi connectivity index (χ0) is 18.1. The fraction of sp³-hybridized carbons (Fsp3) is 0.357. The average Bonchev–Trinajstić information content (AvgIpc) is 2.90. The number of hydrogen-bond donors (Lipinski definition) is 1. The summed E-state index contributed by atoms with van der Waals surface area (Å²) >= 11 is 6.61. The molecule has 1 N–H and O–H groups in total. The van der Waals surface area contributed by atoms with Crippen LogP contribution in [0, 0.1) is 5.92 Å². The quantitative estimate of drug-likeness (QED) is 0.789. The predicted molar refractivity (Wildman–Crippen MR) is 95.5 cm³/mol. The van der Waals surface area contributed by atoms with Crippen LogP contribution in [0.5, 0.6) is 0 Å². The number of anilines is 1.